The summed E-state index contributed by atoms with van der Waals surface area (Å²) in [6, 6.07) is 0. The van der Waals surface area contributed by atoms with Crippen molar-refractivity contribution < 1.29 is 34.9 Å². The molecule has 0 aromatic rings. The van der Waals surface area contributed by atoms with Crippen molar-refractivity contribution in [3.8, 4) is 0 Å². The van der Waals surface area contributed by atoms with Crippen LogP contribution in [0, 0.1) is 0 Å². The van der Waals surface area contributed by atoms with Crippen molar-refractivity contribution in [1.29, 1.82) is 0 Å². The van der Waals surface area contributed by atoms with Crippen LogP contribution in [0.1, 0.15) is 89.9 Å². The van der Waals surface area contributed by atoms with E-state index in [1.165, 1.54) is 86.0 Å². The average Bonchev–Trinajstić information content (AvgIpc) is 3.27. The molecule has 4 rings (SSSR count). The molecule has 0 aromatic heterocycles. The van der Waals surface area contributed by atoms with Gasteiger partial charge < -0.3 is 10.2 Å². The molecule has 2 amide bonds. The van der Waals surface area contributed by atoms with E-state index in [1.54, 1.807) is 0 Å². The van der Waals surface area contributed by atoms with Crippen molar-refractivity contribution in [2.24, 2.45) is 0 Å². The summed E-state index contributed by atoms with van der Waals surface area (Å²) in [7, 11) is 9.46. The standard InChI is InChI=1S/C23H37N2O4P.2ClH.Ru/c26-22(27)24-15-16-25(23(28)29)21(24)19-13-7-8-14-20(19)30(17-9-3-1-4-10-17)18-11-5-2-6-12-18;;;/h17-18,20H,1-16H2,(H,26,27)(H,28,29);2*1H;/q;;;+2/p-2. The Morgan fingerprint density at radius 2 is 1.18 bits per heavy atom. The Morgan fingerprint density at radius 1 is 0.758 bits per heavy atom. The summed E-state index contributed by atoms with van der Waals surface area (Å²) < 4.78 is 0. The Balaban J connectivity index is 0.000000968. The van der Waals surface area contributed by atoms with Crippen molar-refractivity contribution in [2.45, 2.75) is 107 Å². The minimum absolute atomic E-state index is 0.244. The number of hydrogen-bond acceptors (Lipinski definition) is 2. The Hall–Kier alpha value is -0.0866. The average molecular weight is 609 g/mol. The number of allylic oxidation sites excluding steroid dienone is 1. The second kappa shape index (κ2) is 13.9. The van der Waals surface area contributed by atoms with Crippen LogP contribution in [-0.4, -0.2) is 62.3 Å². The number of nitrogens with zero attached hydrogens (tertiary/aromatic N) is 2. The number of amides is 2. The van der Waals surface area contributed by atoms with E-state index in [2.05, 4.69) is 0 Å². The van der Waals surface area contributed by atoms with Crippen LogP contribution in [0.3, 0.4) is 0 Å². The zero-order valence-corrected chi connectivity index (χ0v) is 23.4. The Bertz CT molecular complexity index is 660. The normalized spacial score (nSPS) is 25.4. The van der Waals surface area contributed by atoms with Crippen molar-refractivity contribution in [2.75, 3.05) is 13.1 Å². The molecule has 0 radical (unpaired) electrons. The van der Waals surface area contributed by atoms with E-state index in [0.29, 0.717) is 11.5 Å². The van der Waals surface area contributed by atoms with Gasteiger partial charge in [0.1, 0.15) is 5.82 Å². The summed E-state index contributed by atoms with van der Waals surface area (Å²) >= 11 is -0.346. The molecule has 0 spiro atoms. The molecule has 190 valence electrons. The molecule has 2 N–H and O–H groups in total. The summed E-state index contributed by atoms with van der Waals surface area (Å²) in [6.07, 6.45) is 15.5. The van der Waals surface area contributed by atoms with E-state index < -0.39 is 12.2 Å². The zero-order chi connectivity index (χ0) is 23.8. The van der Waals surface area contributed by atoms with Gasteiger partial charge in [0.2, 0.25) is 0 Å². The van der Waals surface area contributed by atoms with Crippen molar-refractivity contribution >= 4 is 39.5 Å². The SMILES string of the molecule is O=C(O)N1CCN(C(=O)O)C1=C1CCCCC1P(C1CCCCC1)C1CCCCC1.[Cl][Ru][Cl]. The van der Waals surface area contributed by atoms with E-state index in [4.69, 9.17) is 19.4 Å². The van der Waals surface area contributed by atoms with Crippen LogP contribution >= 0.6 is 27.3 Å². The first-order chi connectivity index (χ1) is 16.0. The summed E-state index contributed by atoms with van der Waals surface area (Å²) in [4.78, 5) is 26.6. The van der Waals surface area contributed by atoms with Gasteiger partial charge in [0.25, 0.3) is 0 Å². The predicted octanol–water partition coefficient (Wildman–Crippen LogP) is 7.64. The molecule has 10 heteroatoms. The van der Waals surface area contributed by atoms with Crippen molar-refractivity contribution in [3.05, 3.63) is 11.4 Å². The summed E-state index contributed by atoms with van der Waals surface area (Å²) in [5.41, 5.74) is 3.16. The molecule has 3 saturated carbocycles. The van der Waals surface area contributed by atoms with Gasteiger partial charge in [0, 0.05) is 18.7 Å². The maximum atomic E-state index is 12.0. The van der Waals surface area contributed by atoms with E-state index in [0.717, 1.165) is 30.6 Å². The number of halogens is 2. The van der Waals surface area contributed by atoms with Gasteiger partial charge in [-0.05, 0) is 61.8 Å². The quantitative estimate of drug-likeness (QED) is 0.255. The summed E-state index contributed by atoms with van der Waals surface area (Å²) in [6.45, 7) is 0.524. The van der Waals surface area contributed by atoms with Crippen LogP contribution in [0.25, 0.3) is 0 Å². The van der Waals surface area contributed by atoms with Gasteiger partial charge in [-0.15, -0.1) is 0 Å². The first-order valence-corrected chi connectivity index (χ1v) is 18.4. The molecule has 1 saturated heterocycles. The minimum atomic E-state index is -1.01. The number of carboxylic acid groups (broad SMARTS) is 2. The van der Waals surface area contributed by atoms with Crippen LogP contribution in [-0.2, 0) is 15.1 Å². The molecular formula is C23H37Cl2N2O4PRu. The van der Waals surface area contributed by atoms with Crippen LogP contribution in [0.4, 0.5) is 9.59 Å². The molecule has 1 heterocycles. The van der Waals surface area contributed by atoms with Gasteiger partial charge in [-0.1, -0.05) is 52.9 Å². The molecule has 4 fully saturated rings. The molecule has 6 nitrogen and oxygen atoms in total. The molecule has 1 unspecified atom stereocenters. The van der Waals surface area contributed by atoms with Crippen LogP contribution in [0.5, 0.6) is 0 Å². The molecule has 0 aromatic carbocycles. The summed E-state index contributed by atoms with van der Waals surface area (Å²) in [5.74, 6) is 0.513. The van der Waals surface area contributed by atoms with E-state index >= 15 is 0 Å². The van der Waals surface area contributed by atoms with E-state index in [9.17, 15) is 19.8 Å². The van der Waals surface area contributed by atoms with Gasteiger partial charge in [0.05, 0.1) is 0 Å². The monoisotopic (exact) mass is 608 g/mol. The van der Waals surface area contributed by atoms with Crippen molar-refractivity contribution in [1.82, 2.24) is 9.80 Å². The van der Waals surface area contributed by atoms with E-state index in [-0.39, 0.29) is 36.2 Å². The first-order valence-electron chi connectivity index (χ1n) is 12.4. The van der Waals surface area contributed by atoms with Gasteiger partial charge in [-0.3, -0.25) is 9.80 Å². The third-order valence-corrected chi connectivity index (χ3v) is 11.7. The summed E-state index contributed by atoms with van der Waals surface area (Å²) in [5, 5.41) is 19.6. The molecule has 4 aliphatic rings. The van der Waals surface area contributed by atoms with Crippen LogP contribution in [0.2, 0.25) is 0 Å². The first kappa shape index (κ1) is 27.5. The maximum absolute atomic E-state index is 12.0. The second-order valence-electron chi connectivity index (χ2n) is 9.56. The molecule has 0 bridgehead atoms. The number of rotatable bonds is 3. The topological polar surface area (TPSA) is 81.1 Å². The zero-order valence-electron chi connectivity index (χ0n) is 19.2. The third kappa shape index (κ3) is 6.99. The fourth-order valence-electron chi connectivity index (χ4n) is 6.43. The molecule has 3 aliphatic carbocycles. The number of carbonyl (C=O) groups is 2. The van der Waals surface area contributed by atoms with Gasteiger partial charge >= 0.3 is 46.7 Å². The molecular weight excluding hydrogens is 571 g/mol. The molecule has 33 heavy (non-hydrogen) atoms. The molecule has 1 atom stereocenters. The van der Waals surface area contributed by atoms with Gasteiger partial charge in [-0.2, -0.15) is 0 Å². The molecule has 1 aliphatic heterocycles. The van der Waals surface area contributed by atoms with E-state index in [1.807, 2.05) is 0 Å². The van der Waals surface area contributed by atoms with Crippen molar-refractivity contribution in [3.63, 3.8) is 0 Å². The fraction of sp³-hybridized carbons (Fsp3) is 0.826. The van der Waals surface area contributed by atoms with Gasteiger partial charge in [-0.25, -0.2) is 9.59 Å². The predicted molar refractivity (Wildman–Crippen MR) is 131 cm³/mol. The van der Waals surface area contributed by atoms with Gasteiger partial charge in [0.15, 0.2) is 0 Å². The Morgan fingerprint density at radius 3 is 1.61 bits per heavy atom. The number of hydrogen-bond donors (Lipinski definition) is 2. The third-order valence-electron chi connectivity index (χ3n) is 7.74. The second-order valence-corrected chi connectivity index (χ2v) is 15.2. The fourth-order valence-corrected chi connectivity index (χ4v) is 11.0. The van der Waals surface area contributed by atoms with Crippen LogP contribution < -0.4 is 0 Å². The Labute approximate surface area is 214 Å². The Kier molecular flexibility index (Phi) is 11.5. The van der Waals surface area contributed by atoms with Crippen LogP contribution in [0.15, 0.2) is 11.4 Å².